The molecule has 0 radical (unpaired) electrons. The number of aryl methyl sites for hydroxylation is 2. The second-order valence-corrected chi connectivity index (χ2v) is 7.05. The summed E-state index contributed by atoms with van der Waals surface area (Å²) in [5, 5.41) is 14.2. The van der Waals surface area contributed by atoms with Gasteiger partial charge in [0, 0.05) is 22.5 Å². The summed E-state index contributed by atoms with van der Waals surface area (Å²) in [5.74, 6) is -0.268. The first-order valence-corrected chi connectivity index (χ1v) is 9.14. The van der Waals surface area contributed by atoms with E-state index in [0.29, 0.717) is 6.54 Å². The first-order chi connectivity index (χ1) is 13.5. The van der Waals surface area contributed by atoms with E-state index in [4.69, 9.17) is 0 Å². The highest BCUT2D eigenvalue weighted by atomic mass is 16.2. The molecule has 8 heteroatoms. The molecule has 3 heterocycles. The Morgan fingerprint density at radius 2 is 1.82 bits per heavy atom. The van der Waals surface area contributed by atoms with Crippen LogP contribution in [0, 0.1) is 20.8 Å². The molecule has 8 nitrogen and oxygen atoms in total. The van der Waals surface area contributed by atoms with Crippen LogP contribution in [0.15, 0.2) is 36.5 Å². The predicted molar refractivity (Wildman–Crippen MR) is 102 cm³/mol. The molecule has 1 saturated heterocycles. The van der Waals surface area contributed by atoms with E-state index in [0.717, 1.165) is 33.8 Å². The van der Waals surface area contributed by atoms with Crippen molar-refractivity contribution in [1.82, 2.24) is 30.2 Å². The lowest BCUT2D eigenvalue weighted by atomic mass is 10.0. The Morgan fingerprint density at radius 1 is 1.07 bits per heavy atom. The lowest BCUT2D eigenvalue weighted by molar-refractivity contribution is -0.128. The number of nitrogens with one attached hydrogen (secondary N) is 2. The molecule has 4 rings (SSSR count). The Labute approximate surface area is 162 Å². The maximum Gasteiger partial charge on any atom is 0.325 e. The van der Waals surface area contributed by atoms with Gasteiger partial charge in [0.15, 0.2) is 0 Å². The van der Waals surface area contributed by atoms with E-state index in [1.54, 1.807) is 6.20 Å². The van der Waals surface area contributed by atoms with E-state index in [1.807, 2.05) is 55.8 Å². The molecule has 1 atom stereocenters. The summed E-state index contributed by atoms with van der Waals surface area (Å²) in [6, 6.07) is 8.89. The molecule has 1 fully saturated rings. The highest BCUT2D eigenvalue weighted by molar-refractivity contribution is 6.04. The average molecular weight is 378 g/mol. The summed E-state index contributed by atoms with van der Waals surface area (Å²) in [6.45, 7) is 6.47. The van der Waals surface area contributed by atoms with Crippen molar-refractivity contribution in [2.45, 2.75) is 39.9 Å². The van der Waals surface area contributed by atoms with Crippen molar-refractivity contribution in [3.8, 4) is 0 Å². The molecule has 2 N–H and O–H groups in total. The monoisotopic (exact) mass is 378 g/mol. The van der Waals surface area contributed by atoms with Gasteiger partial charge in [-0.3, -0.25) is 19.5 Å². The number of hydrogen-bond donors (Lipinski definition) is 2. The number of urea groups is 1. The van der Waals surface area contributed by atoms with Crippen LogP contribution in [0.1, 0.15) is 39.8 Å². The van der Waals surface area contributed by atoms with E-state index in [1.165, 1.54) is 4.90 Å². The van der Waals surface area contributed by atoms with Gasteiger partial charge in [-0.2, -0.15) is 10.2 Å². The maximum absolute atomic E-state index is 13.0. The number of nitrogens with zero attached hydrogens (tertiary/aromatic N) is 4. The van der Waals surface area contributed by atoms with Gasteiger partial charge in [0.1, 0.15) is 6.04 Å². The van der Waals surface area contributed by atoms with Crippen molar-refractivity contribution in [3.05, 3.63) is 70.3 Å². The van der Waals surface area contributed by atoms with E-state index in [2.05, 4.69) is 20.6 Å². The zero-order valence-electron chi connectivity index (χ0n) is 16.1. The van der Waals surface area contributed by atoms with Crippen LogP contribution in [-0.2, 0) is 17.9 Å². The number of H-pyrrole nitrogens is 1. The Kier molecular flexibility index (Phi) is 4.46. The minimum atomic E-state index is -0.718. The Bertz CT molecular complexity index is 1040. The SMILES string of the molecule is Cc1nn(Cc2ccccc2)c(C)c1C1NC(=O)N(Cc2cn[nH]c2C)C1=O. The molecular formula is C20H22N6O2. The molecule has 0 bridgehead atoms. The number of amides is 3. The Balaban J connectivity index is 1.60. The first-order valence-electron chi connectivity index (χ1n) is 9.14. The topological polar surface area (TPSA) is 95.9 Å². The third-order valence-electron chi connectivity index (χ3n) is 5.19. The molecule has 3 amide bonds. The van der Waals surface area contributed by atoms with Gasteiger partial charge in [0.05, 0.1) is 25.0 Å². The molecule has 1 unspecified atom stereocenters. The zero-order valence-corrected chi connectivity index (χ0v) is 16.1. The number of aromatic amines is 1. The van der Waals surface area contributed by atoms with Crippen molar-refractivity contribution in [3.63, 3.8) is 0 Å². The van der Waals surface area contributed by atoms with Gasteiger partial charge in [0.25, 0.3) is 5.91 Å². The van der Waals surface area contributed by atoms with Gasteiger partial charge in [-0.1, -0.05) is 30.3 Å². The number of rotatable bonds is 5. The van der Waals surface area contributed by atoms with Crippen LogP contribution in [0.3, 0.4) is 0 Å². The van der Waals surface area contributed by atoms with E-state index < -0.39 is 12.1 Å². The van der Waals surface area contributed by atoms with E-state index in [-0.39, 0.29) is 12.5 Å². The molecule has 0 saturated carbocycles. The minimum Gasteiger partial charge on any atom is -0.322 e. The molecule has 1 aliphatic heterocycles. The molecular weight excluding hydrogens is 356 g/mol. The Hall–Kier alpha value is -3.42. The van der Waals surface area contributed by atoms with Gasteiger partial charge in [0.2, 0.25) is 0 Å². The molecule has 2 aromatic heterocycles. The van der Waals surface area contributed by atoms with Crippen LogP contribution < -0.4 is 5.32 Å². The van der Waals surface area contributed by atoms with Crippen molar-refractivity contribution < 1.29 is 9.59 Å². The molecule has 1 aromatic carbocycles. The first kappa shape index (κ1) is 18.0. The smallest absolute Gasteiger partial charge is 0.322 e. The van der Waals surface area contributed by atoms with Crippen LogP contribution in [0.4, 0.5) is 4.79 Å². The standard InChI is InChI=1S/C20H22N6O2/c1-12-16(9-21-23-12)11-25-19(27)18(22-20(25)28)17-13(2)24-26(14(17)3)10-15-7-5-4-6-8-15/h4-9,18H,10-11H2,1-3H3,(H,21,23)(H,22,28). The fraction of sp³-hybridized carbons (Fsp3) is 0.300. The lowest BCUT2D eigenvalue weighted by Gasteiger charge is -2.13. The fourth-order valence-electron chi connectivity index (χ4n) is 3.61. The summed E-state index contributed by atoms with van der Waals surface area (Å²) in [6.07, 6.45) is 1.64. The number of imide groups is 1. The molecule has 0 spiro atoms. The third-order valence-corrected chi connectivity index (χ3v) is 5.19. The van der Waals surface area contributed by atoms with E-state index >= 15 is 0 Å². The number of benzene rings is 1. The van der Waals surface area contributed by atoms with Gasteiger partial charge in [-0.15, -0.1) is 0 Å². The van der Waals surface area contributed by atoms with Crippen LogP contribution >= 0.6 is 0 Å². The van der Waals surface area contributed by atoms with E-state index in [9.17, 15) is 9.59 Å². The van der Waals surface area contributed by atoms with Crippen molar-refractivity contribution in [1.29, 1.82) is 0 Å². The summed E-state index contributed by atoms with van der Waals surface area (Å²) in [4.78, 5) is 26.7. The predicted octanol–water partition coefficient (Wildman–Crippen LogP) is 2.37. The van der Waals surface area contributed by atoms with Crippen LogP contribution in [-0.4, -0.2) is 36.8 Å². The maximum atomic E-state index is 13.0. The highest BCUT2D eigenvalue weighted by Crippen LogP contribution is 2.29. The molecule has 0 aliphatic carbocycles. The van der Waals surface area contributed by atoms with Crippen LogP contribution in [0.25, 0.3) is 0 Å². The highest BCUT2D eigenvalue weighted by Gasteiger charge is 2.41. The van der Waals surface area contributed by atoms with Gasteiger partial charge >= 0.3 is 6.03 Å². The van der Waals surface area contributed by atoms with Crippen molar-refractivity contribution in [2.24, 2.45) is 0 Å². The molecule has 3 aromatic rings. The largest absolute Gasteiger partial charge is 0.325 e. The Morgan fingerprint density at radius 3 is 2.50 bits per heavy atom. The number of hydrogen-bond acceptors (Lipinski definition) is 4. The van der Waals surface area contributed by atoms with Crippen molar-refractivity contribution in [2.75, 3.05) is 0 Å². The quantitative estimate of drug-likeness (QED) is 0.666. The average Bonchev–Trinajstić information content (AvgIpc) is 3.29. The van der Waals surface area contributed by atoms with Crippen LogP contribution in [0.2, 0.25) is 0 Å². The molecule has 144 valence electrons. The van der Waals surface area contributed by atoms with Gasteiger partial charge in [-0.05, 0) is 26.3 Å². The fourth-order valence-corrected chi connectivity index (χ4v) is 3.61. The minimum absolute atomic E-state index is 0.194. The van der Waals surface area contributed by atoms with Gasteiger partial charge < -0.3 is 5.32 Å². The molecule has 28 heavy (non-hydrogen) atoms. The summed E-state index contributed by atoms with van der Waals surface area (Å²) < 4.78 is 1.88. The summed E-state index contributed by atoms with van der Waals surface area (Å²) >= 11 is 0. The second kappa shape index (κ2) is 6.95. The summed E-state index contributed by atoms with van der Waals surface area (Å²) in [7, 11) is 0. The number of aromatic nitrogens is 4. The second-order valence-electron chi connectivity index (χ2n) is 7.05. The molecule has 1 aliphatic rings. The lowest BCUT2D eigenvalue weighted by Crippen LogP contribution is -2.30. The van der Waals surface area contributed by atoms with Crippen molar-refractivity contribution >= 4 is 11.9 Å². The van der Waals surface area contributed by atoms with Crippen LogP contribution in [0.5, 0.6) is 0 Å². The van der Waals surface area contributed by atoms with Gasteiger partial charge in [-0.25, -0.2) is 4.79 Å². The number of carbonyl (C=O) groups is 2. The third kappa shape index (κ3) is 3.06. The zero-order chi connectivity index (χ0) is 19.8. The number of carbonyl (C=O) groups excluding carboxylic acids is 2. The summed E-state index contributed by atoms with van der Waals surface area (Å²) in [5.41, 5.74) is 5.17. The normalized spacial score (nSPS) is 16.7.